The summed E-state index contributed by atoms with van der Waals surface area (Å²) >= 11 is 3.36. The van der Waals surface area contributed by atoms with Gasteiger partial charge in [0, 0.05) is 83.3 Å². The predicted octanol–water partition coefficient (Wildman–Crippen LogP) is 7.70. The summed E-state index contributed by atoms with van der Waals surface area (Å²) in [7, 11) is -1.00. The van der Waals surface area contributed by atoms with Gasteiger partial charge in [-0.25, -0.2) is 9.97 Å². The van der Waals surface area contributed by atoms with Crippen molar-refractivity contribution in [3.63, 3.8) is 0 Å². The van der Waals surface area contributed by atoms with E-state index in [1.165, 1.54) is 66.4 Å². The van der Waals surface area contributed by atoms with Gasteiger partial charge in [-0.2, -0.15) is 0 Å². The Morgan fingerprint density at radius 1 is 0.704 bits per heavy atom. The number of nitrogens with one attached hydrogen (secondary N) is 1. The largest absolute Gasteiger partial charge is 1.00 e. The molecule has 6 heterocycles. The second kappa shape index (κ2) is 18.9. The molecule has 10 rings (SSSR count). The number of rotatable bonds is 5. The maximum Gasteiger partial charge on any atom is 1.00 e. The van der Waals surface area contributed by atoms with E-state index in [2.05, 4.69) is 130 Å². The molecule has 9 heteroatoms. The zero-order chi connectivity index (χ0) is 37.1. The van der Waals surface area contributed by atoms with Crippen LogP contribution in [0.3, 0.4) is 0 Å². The van der Waals surface area contributed by atoms with Crippen LogP contribution in [0.1, 0.15) is 47.3 Å². The Morgan fingerprint density at radius 3 is 1.89 bits per heavy atom. The number of fused-ring (bicyclic) bond motifs is 4. The Labute approximate surface area is 348 Å². The van der Waals surface area contributed by atoms with Crippen LogP contribution in [0.15, 0.2) is 159 Å². The summed E-state index contributed by atoms with van der Waals surface area (Å²) in [6.45, 7) is 0.824. The number of aromatic nitrogens is 6. The van der Waals surface area contributed by atoms with Crippen LogP contribution >= 0.6 is 15.9 Å². The number of nitrogens with zero attached hydrogens (tertiary/aromatic N) is 5. The Kier molecular flexibility index (Phi) is 13.0. The van der Waals surface area contributed by atoms with Crippen LogP contribution in [0.4, 0.5) is 4.39 Å². The third kappa shape index (κ3) is 8.53. The molecule has 54 heavy (non-hydrogen) atoms. The number of hydrogen-bond acceptors (Lipinski definition) is 4. The quantitative estimate of drug-likeness (QED) is 0.144. The number of benzene rings is 2. The molecular weight excluding hydrogens is 746 g/mol. The normalized spacial score (nSPS) is 12.3. The molecule has 6 nitrogen and oxygen atoms in total. The smallest absolute Gasteiger partial charge is 1.00 e. The van der Waals surface area contributed by atoms with Crippen molar-refractivity contribution in [3.05, 3.63) is 203 Å². The molecule has 0 saturated carbocycles. The minimum atomic E-state index is -1.00. The van der Waals surface area contributed by atoms with Gasteiger partial charge in [0.15, 0.2) is 0 Å². The van der Waals surface area contributed by atoms with Crippen molar-refractivity contribution in [2.24, 2.45) is 0 Å². The van der Waals surface area contributed by atoms with E-state index in [1.54, 1.807) is 0 Å². The zero-order valence-electron chi connectivity index (χ0n) is 32.0. The van der Waals surface area contributed by atoms with Gasteiger partial charge in [0.25, 0.3) is 0 Å². The van der Waals surface area contributed by atoms with Crippen LogP contribution in [0, 0.1) is 0 Å². The van der Waals surface area contributed by atoms with Crippen molar-refractivity contribution >= 4 is 49.1 Å². The van der Waals surface area contributed by atoms with Crippen LogP contribution in [0.2, 0.25) is 0 Å². The van der Waals surface area contributed by atoms with Crippen molar-refractivity contribution in [1.29, 1.82) is 0 Å². The average Bonchev–Trinajstić information content (AvgIpc) is 4.04. The predicted molar refractivity (Wildman–Crippen MR) is 219 cm³/mol. The van der Waals surface area contributed by atoms with Crippen molar-refractivity contribution in [2.45, 2.75) is 24.7 Å². The van der Waals surface area contributed by atoms with E-state index in [4.69, 9.17) is 1.37 Å². The van der Waals surface area contributed by atoms with E-state index in [-0.39, 0.29) is 31.0 Å². The fraction of sp³-hybridized carbons (Fsp3) is 0.111. The summed E-state index contributed by atoms with van der Waals surface area (Å²) in [6, 6.07) is 33.3. The van der Waals surface area contributed by atoms with Crippen LogP contribution < -0.4 is 29.6 Å². The summed E-state index contributed by atoms with van der Waals surface area (Å²) in [5.74, 6) is 0. The summed E-state index contributed by atoms with van der Waals surface area (Å²) in [5.41, 5.74) is 14.8. The number of H-pyrrole nitrogens is 1. The van der Waals surface area contributed by atoms with Gasteiger partial charge in [-0.1, -0.05) is 88.7 Å². The second-order valence-corrected chi connectivity index (χ2v) is 13.0. The zero-order valence-corrected chi connectivity index (χ0v) is 33.6. The van der Waals surface area contributed by atoms with Gasteiger partial charge < -0.3 is 11.0 Å². The Morgan fingerprint density at radius 2 is 1.28 bits per heavy atom. The maximum absolute atomic E-state index is 9.96. The van der Waals surface area contributed by atoms with Gasteiger partial charge in [0.2, 0.25) is 0 Å². The average molecular weight is 787 g/mol. The fourth-order valence-electron chi connectivity index (χ4n) is 6.84. The molecule has 0 unspecified atom stereocenters. The number of aromatic amines is 1. The summed E-state index contributed by atoms with van der Waals surface area (Å²) < 4.78 is 17.8. The molecule has 0 spiro atoms. The second-order valence-electron chi connectivity index (χ2n) is 12.5. The molecule has 0 atom stereocenters. The van der Waals surface area contributed by atoms with Gasteiger partial charge in [0.05, 0.1) is 8.52 Å². The van der Waals surface area contributed by atoms with E-state index in [9.17, 15) is 4.39 Å². The molecule has 8 aromatic rings. The van der Waals surface area contributed by atoms with E-state index >= 15 is 0 Å². The van der Waals surface area contributed by atoms with Crippen LogP contribution in [-0.2, 0) is 24.7 Å². The van der Waals surface area contributed by atoms with E-state index < -0.39 is 7.15 Å². The minimum absolute atomic E-state index is 0. The Balaban J connectivity index is 0.000000169. The number of pyridine rings is 4. The van der Waals surface area contributed by atoms with E-state index in [1.807, 2.05) is 73.7 Å². The van der Waals surface area contributed by atoms with Crippen LogP contribution in [0.25, 0.3) is 33.2 Å². The Hall–Kier alpha value is -4.99. The van der Waals surface area contributed by atoms with Crippen molar-refractivity contribution in [2.75, 3.05) is 7.15 Å². The van der Waals surface area contributed by atoms with Crippen molar-refractivity contribution < 1.29 is 36.7 Å². The minimum Gasteiger partial charge on any atom is -1.00 e. The molecule has 264 valence electrons. The van der Waals surface area contributed by atoms with Gasteiger partial charge in [-0.05, 0) is 93.8 Å². The van der Waals surface area contributed by atoms with E-state index in [0.717, 1.165) is 36.0 Å². The molecule has 2 aliphatic rings. The molecule has 0 aliphatic heterocycles. The van der Waals surface area contributed by atoms with Crippen molar-refractivity contribution in [1.82, 2.24) is 29.5 Å². The molecule has 1 N–H and O–H groups in total. The van der Waals surface area contributed by atoms with Gasteiger partial charge >= 0.3 is 29.6 Å². The first-order valence-corrected chi connectivity index (χ1v) is 18.4. The van der Waals surface area contributed by atoms with Gasteiger partial charge in [-0.3, -0.25) is 14.4 Å². The van der Waals surface area contributed by atoms with Gasteiger partial charge in [-0.15, -0.1) is 0 Å². The topological polar surface area (TPSA) is 72.3 Å². The van der Waals surface area contributed by atoms with E-state index in [0.29, 0.717) is 0 Å². The van der Waals surface area contributed by atoms with Crippen molar-refractivity contribution in [3.8, 4) is 0 Å². The first-order valence-electron chi connectivity index (χ1n) is 18.0. The molecule has 0 radical (unpaired) electrons. The number of alkyl halides is 2. The summed E-state index contributed by atoms with van der Waals surface area (Å²) in [4.78, 5) is 20.6. The molecule has 0 bridgehead atoms. The first kappa shape index (κ1) is 37.3. The molecule has 6 aromatic heterocycles. The molecule has 0 fully saturated rings. The number of allylic oxidation sites excluding steroid dienone is 2. The molecule has 2 aliphatic carbocycles. The number of hydrogen-bond donors (Lipinski definition) is 1. The SMILES string of the molecule is BrCc1ccccc1.C1=C(c2c[nH]c3ncccc23)c2ccncc2C1.C1=C(c2cn(Cc3ccccc3)c3ncccc23)c2ccncc2C1.[2H]CF.[H-].[Na+]. The molecular formula is C45H39BrFN6Na. The summed E-state index contributed by atoms with van der Waals surface area (Å²) in [6.07, 6.45) is 22.1. The number of halogens is 2. The fourth-order valence-corrected chi connectivity index (χ4v) is 7.22. The maximum atomic E-state index is 9.96. The monoisotopic (exact) mass is 785 g/mol. The third-order valence-corrected chi connectivity index (χ3v) is 9.95. The molecule has 0 amide bonds. The van der Waals surface area contributed by atoms with Crippen LogP contribution in [-0.4, -0.2) is 36.6 Å². The Bertz CT molecular complexity index is 2540. The van der Waals surface area contributed by atoms with Crippen LogP contribution in [0.5, 0.6) is 0 Å². The standard InChI is InChI=1S/C22H17N3.C15H11N3.C7H7Br.CH3F.Na.H/c1-2-5-16(6-3-1)14-25-15-21(20-7-4-11-24-22(20)25)19-9-8-17-13-23-12-10-18(17)19;1-2-13-14(9-18-15(13)17-6-1)12-4-3-10-8-16-7-5-11(10)12;8-6-7-4-2-1-3-5-7;1-2;;/h1-7,9-13,15H,8,14H2;1-2,4-9H,3H2,(H,17,18);1-5H,6H2;1H3;;/q;;;;+1;-1/i;;;1D;;. The molecule has 0 saturated heterocycles. The summed E-state index contributed by atoms with van der Waals surface area (Å²) in [5, 5.41) is 3.33. The van der Waals surface area contributed by atoms with Gasteiger partial charge in [0.1, 0.15) is 11.3 Å². The molecule has 2 aromatic carbocycles. The third-order valence-electron chi connectivity index (χ3n) is 9.30. The first-order chi connectivity index (χ1) is 26.7.